The molecule has 0 N–H and O–H groups in total. The maximum absolute atomic E-state index is 5.31. The lowest BCUT2D eigenvalue weighted by atomic mass is 9.33. The first-order chi connectivity index (χ1) is 29.2. The Balaban J connectivity index is 1.34. The first kappa shape index (κ1) is 38.4. The number of aryl methyl sites for hydroxylation is 6. The standard InChI is InChI=1S/C55H47BN4/c1-36-31-38(3)51(39(4)32-36)56(52-40(5)33-37(2)34-41(52)6)49-29-30-50(48-28-17-16-27-47(48)49)60(46-26-18-25-45(35-46)42-19-10-7-11-20-42)55-58-53(43-21-12-8-13-22-43)57-54(59-55)44-23-14-9-15-24-44/h7-35H,1-6H3. The number of benzene rings is 8. The van der Waals surface area contributed by atoms with Gasteiger partial charge < -0.3 is 0 Å². The Morgan fingerprint density at radius 2 is 0.833 bits per heavy atom. The molecule has 0 amide bonds. The maximum Gasteiger partial charge on any atom is 0.243 e. The van der Waals surface area contributed by atoms with Gasteiger partial charge in [0.05, 0.1) is 5.69 Å². The Hall–Kier alpha value is -7.11. The molecule has 9 aromatic rings. The van der Waals surface area contributed by atoms with Crippen LogP contribution >= 0.6 is 0 Å². The van der Waals surface area contributed by atoms with E-state index in [1.807, 2.05) is 36.4 Å². The molecule has 60 heavy (non-hydrogen) atoms. The summed E-state index contributed by atoms with van der Waals surface area (Å²) < 4.78 is 0. The number of fused-ring (bicyclic) bond motifs is 1. The van der Waals surface area contributed by atoms with Crippen LogP contribution in [0.5, 0.6) is 0 Å². The Kier molecular flexibility index (Phi) is 10.4. The van der Waals surface area contributed by atoms with Crippen molar-refractivity contribution >= 4 is 51.2 Å². The zero-order valence-electron chi connectivity index (χ0n) is 35.1. The van der Waals surface area contributed by atoms with Gasteiger partial charge in [0.1, 0.15) is 0 Å². The highest BCUT2D eigenvalue weighted by molar-refractivity contribution is 6.98. The van der Waals surface area contributed by atoms with Gasteiger partial charge in [0.25, 0.3) is 0 Å². The second-order valence-electron chi connectivity index (χ2n) is 16.0. The molecule has 0 aliphatic heterocycles. The summed E-state index contributed by atoms with van der Waals surface area (Å²) in [6.45, 7) is 13.5. The fourth-order valence-corrected chi connectivity index (χ4v) is 9.22. The summed E-state index contributed by atoms with van der Waals surface area (Å²) >= 11 is 0. The molecule has 0 spiro atoms. The van der Waals surface area contributed by atoms with Crippen molar-refractivity contribution in [2.45, 2.75) is 41.5 Å². The van der Waals surface area contributed by atoms with Crippen molar-refractivity contribution in [3.8, 4) is 33.9 Å². The first-order valence-corrected chi connectivity index (χ1v) is 20.7. The minimum absolute atomic E-state index is 0.00607. The smallest absolute Gasteiger partial charge is 0.243 e. The van der Waals surface area contributed by atoms with E-state index in [9.17, 15) is 0 Å². The third-order valence-corrected chi connectivity index (χ3v) is 11.6. The van der Waals surface area contributed by atoms with Crippen molar-refractivity contribution < 1.29 is 0 Å². The molecule has 0 aliphatic carbocycles. The minimum atomic E-state index is 0.00607. The van der Waals surface area contributed by atoms with Gasteiger partial charge in [-0.1, -0.05) is 207 Å². The van der Waals surface area contributed by atoms with E-state index >= 15 is 0 Å². The molecule has 4 nitrogen and oxygen atoms in total. The van der Waals surface area contributed by atoms with Crippen LogP contribution in [0, 0.1) is 41.5 Å². The van der Waals surface area contributed by atoms with Crippen LogP contribution in [0.2, 0.25) is 0 Å². The highest BCUT2D eigenvalue weighted by atomic mass is 15.3. The van der Waals surface area contributed by atoms with Crippen LogP contribution in [0.25, 0.3) is 44.7 Å². The molecule has 5 heteroatoms. The van der Waals surface area contributed by atoms with E-state index in [0.717, 1.165) is 39.0 Å². The summed E-state index contributed by atoms with van der Waals surface area (Å²) in [5.41, 5.74) is 17.8. The number of hydrogen-bond acceptors (Lipinski definition) is 4. The predicted octanol–water partition coefficient (Wildman–Crippen LogP) is 11.9. The highest BCUT2D eigenvalue weighted by Gasteiger charge is 2.31. The molecular weight excluding hydrogens is 727 g/mol. The zero-order chi connectivity index (χ0) is 41.3. The molecule has 9 rings (SSSR count). The third kappa shape index (κ3) is 7.40. The summed E-state index contributed by atoms with van der Waals surface area (Å²) in [5, 5.41) is 2.29. The number of rotatable bonds is 9. The first-order valence-electron chi connectivity index (χ1n) is 20.7. The SMILES string of the molecule is Cc1cc(C)c(B(c2c(C)cc(C)cc2C)c2ccc(N(c3cccc(-c4ccccc4)c3)c3nc(-c4ccccc4)nc(-c4ccccc4)n3)c3ccccc23)c(C)c1. The van der Waals surface area contributed by atoms with E-state index in [1.165, 1.54) is 55.2 Å². The van der Waals surface area contributed by atoms with Crippen molar-refractivity contribution in [1.29, 1.82) is 0 Å². The van der Waals surface area contributed by atoms with Crippen LogP contribution in [0.4, 0.5) is 17.3 Å². The van der Waals surface area contributed by atoms with E-state index in [4.69, 9.17) is 15.0 Å². The Morgan fingerprint density at radius 3 is 1.35 bits per heavy atom. The second-order valence-corrected chi connectivity index (χ2v) is 16.0. The number of hydrogen-bond donors (Lipinski definition) is 0. The summed E-state index contributed by atoms with van der Waals surface area (Å²) in [6.07, 6.45) is 0. The molecule has 290 valence electrons. The molecule has 1 aromatic heterocycles. The van der Waals surface area contributed by atoms with Crippen LogP contribution in [-0.4, -0.2) is 21.7 Å². The number of aromatic nitrogens is 3. The van der Waals surface area contributed by atoms with Crippen molar-refractivity contribution in [3.05, 3.63) is 209 Å². The van der Waals surface area contributed by atoms with Gasteiger partial charge in [-0.15, -0.1) is 0 Å². The molecule has 0 aliphatic rings. The third-order valence-electron chi connectivity index (χ3n) is 11.6. The van der Waals surface area contributed by atoms with Gasteiger partial charge in [-0.05, 0) is 76.3 Å². The van der Waals surface area contributed by atoms with Gasteiger partial charge in [-0.3, -0.25) is 4.90 Å². The minimum Gasteiger partial charge on any atom is -0.278 e. The van der Waals surface area contributed by atoms with Gasteiger partial charge in [0, 0.05) is 22.2 Å². The molecule has 0 bridgehead atoms. The summed E-state index contributed by atoms with van der Waals surface area (Å²) in [6, 6.07) is 62.4. The van der Waals surface area contributed by atoms with Crippen LogP contribution in [0.3, 0.4) is 0 Å². The van der Waals surface area contributed by atoms with Crippen LogP contribution in [0.15, 0.2) is 176 Å². The largest absolute Gasteiger partial charge is 0.278 e. The molecule has 8 aromatic carbocycles. The topological polar surface area (TPSA) is 41.9 Å². The number of nitrogens with zero attached hydrogens (tertiary/aromatic N) is 4. The van der Waals surface area contributed by atoms with E-state index < -0.39 is 0 Å². The molecule has 0 saturated heterocycles. The van der Waals surface area contributed by atoms with Crippen LogP contribution < -0.4 is 21.3 Å². The molecular formula is C55H47BN4. The predicted molar refractivity (Wildman–Crippen MR) is 254 cm³/mol. The Morgan fingerprint density at radius 1 is 0.383 bits per heavy atom. The molecule has 0 unspecified atom stereocenters. The monoisotopic (exact) mass is 774 g/mol. The van der Waals surface area contributed by atoms with Crippen LogP contribution in [0.1, 0.15) is 33.4 Å². The van der Waals surface area contributed by atoms with Gasteiger partial charge >= 0.3 is 0 Å². The summed E-state index contributed by atoms with van der Waals surface area (Å²) in [5.74, 6) is 1.76. The lowest BCUT2D eigenvalue weighted by Gasteiger charge is -2.29. The Labute approximate surface area is 354 Å². The average Bonchev–Trinajstić information content (AvgIpc) is 3.26. The van der Waals surface area contributed by atoms with E-state index in [-0.39, 0.29) is 6.71 Å². The quantitative estimate of drug-likeness (QED) is 0.137. The van der Waals surface area contributed by atoms with Crippen molar-refractivity contribution in [1.82, 2.24) is 15.0 Å². The van der Waals surface area contributed by atoms with Crippen molar-refractivity contribution in [3.63, 3.8) is 0 Å². The molecule has 0 atom stereocenters. The normalized spacial score (nSPS) is 11.2. The highest BCUT2D eigenvalue weighted by Crippen LogP contribution is 2.40. The van der Waals surface area contributed by atoms with Crippen LogP contribution in [-0.2, 0) is 0 Å². The van der Waals surface area contributed by atoms with Gasteiger partial charge in [-0.25, -0.2) is 4.98 Å². The number of anilines is 3. The zero-order valence-corrected chi connectivity index (χ0v) is 35.1. The van der Waals surface area contributed by atoms with Gasteiger partial charge in [0.15, 0.2) is 11.6 Å². The van der Waals surface area contributed by atoms with Gasteiger partial charge in [-0.2, -0.15) is 9.97 Å². The summed E-state index contributed by atoms with van der Waals surface area (Å²) in [7, 11) is 0. The fourth-order valence-electron chi connectivity index (χ4n) is 9.22. The van der Waals surface area contributed by atoms with E-state index in [2.05, 4.69) is 186 Å². The van der Waals surface area contributed by atoms with E-state index in [0.29, 0.717) is 17.6 Å². The Bertz CT molecular complexity index is 2840. The molecule has 0 fully saturated rings. The van der Waals surface area contributed by atoms with Gasteiger partial charge in [0.2, 0.25) is 12.7 Å². The van der Waals surface area contributed by atoms with E-state index in [1.54, 1.807) is 0 Å². The molecule has 1 heterocycles. The lowest BCUT2D eigenvalue weighted by molar-refractivity contribution is 1.02. The molecule has 0 saturated carbocycles. The second kappa shape index (κ2) is 16.3. The lowest BCUT2D eigenvalue weighted by Crippen LogP contribution is -2.56. The maximum atomic E-state index is 5.31. The van der Waals surface area contributed by atoms with Crippen molar-refractivity contribution in [2.24, 2.45) is 0 Å². The average molecular weight is 775 g/mol. The van der Waals surface area contributed by atoms with Crippen molar-refractivity contribution in [2.75, 3.05) is 4.90 Å². The molecule has 0 radical (unpaired) electrons. The summed E-state index contributed by atoms with van der Waals surface area (Å²) in [4.78, 5) is 17.9. The fraction of sp³-hybridized carbons (Fsp3) is 0.109.